The number of carboxylic acids is 3. The van der Waals surface area contributed by atoms with Crippen molar-refractivity contribution < 1.29 is 78.8 Å². The van der Waals surface area contributed by atoms with Gasteiger partial charge < -0.3 is 37.0 Å². The number of halogens is 10. The van der Waals surface area contributed by atoms with Gasteiger partial charge in [0, 0.05) is 30.9 Å². The average Bonchev–Trinajstić information content (AvgIpc) is 3.65. The third kappa shape index (κ3) is 13.2. The lowest BCUT2D eigenvalue weighted by molar-refractivity contribution is -0.193. The molecule has 1 aliphatic heterocycles. The number of nitrogens with one attached hydrogen (secondary N) is 1. The summed E-state index contributed by atoms with van der Waals surface area (Å²) in [5.41, 5.74) is 14.6. The van der Waals surface area contributed by atoms with Crippen LogP contribution in [0, 0.1) is 0 Å². The molecule has 2 heterocycles. The summed E-state index contributed by atoms with van der Waals surface area (Å²) in [6, 6.07) is 8.72. The van der Waals surface area contributed by atoms with Crippen LogP contribution in [0.4, 0.5) is 39.5 Å². The predicted octanol–water partition coefficient (Wildman–Crippen LogP) is 3.50. The molecule has 8 N–H and O–H groups in total. The fourth-order valence-electron chi connectivity index (χ4n) is 4.50. The first-order valence-corrected chi connectivity index (χ1v) is 14.3. The second-order valence-corrected chi connectivity index (χ2v) is 10.8. The molecule has 2 amide bonds. The lowest BCUT2D eigenvalue weighted by atomic mass is 9.95. The number of likely N-dealkylation sites (tertiary alicyclic amines) is 1. The van der Waals surface area contributed by atoms with Crippen molar-refractivity contribution in [2.45, 2.75) is 68.9 Å². The number of aryl methyl sites for hydroxylation is 1. The van der Waals surface area contributed by atoms with Crippen LogP contribution in [0.3, 0.4) is 0 Å². The van der Waals surface area contributed by atoms with Gasteiger partial charge in [-0.2, -0.15) is 39.5 Å². The van der Waals surface area contributed by atoms with Crippen molar-refractivity contribution in [1.29, 1.82) is 0 Å². The maximum Gasteiger partial charge on any atom is 0.490 e. The van der Waals surface area contributed by atoms with Gasteiger partial charge >= 0.3 is 36.4 Å². The van der Waals surface area contributed by atoms with Gasteiger partial charge in [-0.1, -0.05) is 23.7 Å². The van der Waals surface area contributed by atoms with E-state index in [9.17, 15) is 49.1 Å². The van der Waals surface area contributed by atoms with Crippen LogP contribution in [0.2, 0.25) is 5.02 Å². The van der Waals surface area contributed by atoms with E-state index in [1.54, 1.807) is 23.2 Å². The topological polar surface area (TPSA) is 226 Å². The maximum atomic E-state index is 13.4. The van der Waals surface area contributed by atoms with Gasteiger partial charge in [0.05, 0.1) is 5.69 Å². The number of aliphatic carboxylic acids is 3. The second kappa shape index (κ2) is 18.0. The Labute approximate surface area is 286 Å². The summed E-state index contributed by atoms with van der Waals surface area (Å²) in [6.45, 7) is 1.18. The molecule has 4 rings (SSSR count). The number of rotatable bonds is 5. The largest absolute Gasteiger partial charge is 0.490 e. The van der Waals surface area contributed by atoms with E-state index < -0.39 is 48.0 Å². The number of fused-ring (bicyclic) bond motifs is 1. The van der Waals surface area contributed by atoms with E-state index in [1.807, 2.05) is 18.2 Å². The lowest BCUT2D eigenvalue weighted by Crippen LogP contribution is -2.56. The SMILES string of the molecule is NCc1ccc(Cl)cc1CNC(=O)[C@@H]1CCCN1C(=O)C1(N)CCc2cccnc21.O=C(O)C(F)(F)F.O=C(O)C(F)(F)F.O=C(O)C(F)(F)F. The molecule has 2 atom stereocenters. The van der Waals surface area contributed by atoms with Gasteiger partial charge in [-0.15, -0.1) is 0 Å². The summed E-state index contributed by atoms with van der Waals surface area (Å²) >= 11 is 6.08. The summed E-state index contributed by atoms with van der Waals surface area (Å²) in [5, 5.41) is 24.9. The van der Waals surface area contributed by atoms with Gasteiger partial charge in [0.2, 0.25) is 11.8 Å². The number of pyridine rings is 1. The van der Waals surface area contributed by atoms with Crippen molar-refractivity contribution in [3.63, 3.8) is 0 Å². The average molecular weight is 770 g/mol. The highest BCUT2D eigenvalue weighted by Crippen LogP contribution is 2.36. The molecule has 284 valence electrons. The molecule has 1 aromatic carbocycles. The van der Waals surface area contributed by atoms with Gasteiger partial charge in [-0.3, -0.25) is 14.6 Å². The minimum Gasteiger partial charge on any atom is -0.475 e. The Bertz CT molecular complexity index is 1520. The van der Waals surface area contributed by atoms with E-state index in [0.717, 1.165) is 23.1 Å². The van der Waals surface area contributed by atoms with Crippen LogP contribution >= 0.6 is 11.6 Å². The normalized spacial score (nSPS) is 18.0. The molecule has 23 heteroatoms. The molecule has 0 saturated carbocycles. The summed E-state index contributed by atoms with van der Waals surface area (Å²) in [4.78, 5) is 59.1. The number of aromatic nitrogens is 1. The molecule has 1 fully saturated rings. The highest BCUT2D eigenvalue weighted by molar-refractivity contribution is 6.30. The zero-order valence-corrected chi connectivity index (χ0v) is 26.5. The van der Waals surface area contributed by atoms with Gasteiger partial charge in [0.25, 0.3) is 0 Å². The van der Waals surface area contributed by atoms with Crippen LogP contribution in [0.1, 0.15) is 41.6 Å². The number of nitrogens with zero attached hydrogens (tertiary/aromatic N) is 2. The zero-order valence-electron chi connectivity index (χ0n) is 25.7. The number of nitrogens with two attached hydrogens (primary N) is 2. The number of carbonyl (C=O) groups excluding carboxylic acids is 2. The summed E-state index contributed by atoms with van der Waals surface area (Å²) in [5.74, 6) is -8.68. The lowest BCUT2D eigenvalue weighted by Gasteiger charge is -2.32. The van der Waals surface area contributed by atoms with Gasteiger partial charge in [-0.05, 0) is 60.6 Å². The molecule has 1 aromatic heterocycles. The number of amides is 2. The Hall–Kier alpha value is -4.70. The molecule has 0 bridgehead atoms. The molecule has 1 unspecified atom stereocenters. The van der Waals surface area contributed by atoms with E-state index in [1.165, 1.54) is 0 Å². The minimum absolute atomic E-state index is 0.188. The number of benzene rings is 1. The Morgan fingerprint density at radius 3 is 1.88 bits per heavy atom. The predicted molar refractivity (Wildman–Crippen MR) is 155 cm³/mol. The van der Waals surface area contributed by atoms with Crippen LogP contribution in [0.25, 0.3) is 0 Å². The fourth-order valence-corrected chi connectivity index (χ4v) is 4.69. The zero-order chi connectivity index (χ0) is 39.5. The molecular formula is C28H29ClF9N5O8. The molecule has 1 aliphatic carbocycles. The first-order chi connectivity index (χ1) is 23.3. The molecule has 0 spiro atoms. The summed E-state index contributed by atoms with van der Waals surface area (Å²) < 4.78 is 95.2. The molecule has 1 saturated heterocycles. The van der Waals surface area contributed by atoms with Gasteiger partial charge in [0.1, 0.15) is 11.6 Å². The van der Waals surface area contributed by atoms with Crippen LogP contribution in [-0.2, 0) is 49.0 Å². The van der Waals surface area contributed by atoms with E-state index in [0.29, 0.717) is 49.6 Å². The fraction of sp³-hybridized carbons (Fsp3) is 0.429. The Balaban J connectivity index is 0.000000505. The number of carbonyl (C=O) groups is 5. The smallest absolute Gasteiger partial charge is 0.475 e. The third-order valence-corrected chi connectivity index (χ3v) is 7.10. The van der Waals surface area contributed by atoms with E-state index in [-0.39, 0.29) is 11.8 Å². The van der Waals surface area contributed by atoms with Crippen molar-refractivity contribution >= 4 is 41.3 Å². The number of hydrogen-bond acceptors (Lipinski definition) is 8. The molecule has 51 heavy (non-hydrogen) atoms. The number of carboxylic acid groups (broad SMARTS) is 3. The van der Waals surface area contributed by atoms with E-state index in [4.69, 9.17) is 52.8 Å². The van der Waals surface area contributed by atoms with Crippen molar-refractivity contribution in [1.82, 2.24) is 15.2 Å². The minimum atomic E-state index is -5.08. The monoisotopic (exact) mass is 769 g/mol. The van der Waals surface area contributed by atoms with Gasteiger partial charge in [-0.25, -0.2) is 14.4 Å². The second-order valence-electron chi connectivity index (χ2n) is 10.4. The quantitative estimate of drug-likeness (QED) is 0.241. The number of alkyl halides is 9. The number of hydrogen-bond donors (Lipinski definition) is 6. The Kier molecular flexibility index (Phi) is 15.6. The molecule has 2 aliphatic rings. The Morgan fingerprint density at radius 2 is 1.41 bits per heavy atom. The summed E-state index contributed by atoms with van der Waals surface area (Å²) in [6.07, 6.45) is -11.0. The molecule has 13 nitrogen and oxygen atoms in total. The van der Waals surface area contributed by atoms with Crippen LogP contribution < -0.4 is 16.8 Å². The molecule has 0 radical (unpaired) electrons. The van der Waals surface area contributed by atoms with Gasteiger partial charge in [0.15, 0.2) is 0 Å². The van der Waals surface area contributed by atoms with Crippen LogP contribution in [-0.4, -0.2) is 86.0 Å². The first kappa shape index (κ1) is 44.3. The standard InChI is InChI=1S/C22H26ClN5O2.3C2HF3O2/c23-17-6-5-15(12-24)16(11-17)13-27-20(29)18-4-2-10-28(18)21(30)22(25)8-7-14-3-1-9-26-19(14)22;3*3-2(4,5)1(6)7/h1,3,5-6,9,11,18H,2,4,7-8,10,12-13,24-25H2,(H,27,29);3*(H,6,7)/t18-,22?;;;/m0.../s1. The summed E-state index contributed by atoms with van der Waals surface area (Å²) in [7, 11) is 0. The van der Waals surface area contributed by atoms with Crippen molar-refractivity contribution in [2.24, 2.45) is 11.5 Å². The maximum absolute atomic E-state index is 13.4. The highest BCUT2D eigenvalue weighted by atomic mass is 35.5. The van der Waals surface area contributed by atoms with Crippen molar-refractivity contribution in [3.05, 3.63) is 63.9 Å². The highest BCUT2D eigenvalue weighted by Gasteiger charge is 2.49. The Morgan fingerprint density at radius 1 is 0.902 bits per heavy atom. The van der Waals surface area contributed by atoms with Crippen molar-refractivity contribution in [3.8, 4) is 0 Å². The van der Waals surface area contributed by atoms with E-state index in [2.05, 4.69) is 10.3 Å². The van der Waals surface area contributed by atoms with Crippen LogP contribution in [0.5, 0.6) is 0 Å². The molecular weight excluding hydrogens is 741 g/mol. The van der Waals surface area contributed by atoms with Crippen molar-refractivity contribution in [2.75, 3.05) is 6.54 Å². The van der Waals surface area contributed by atoms with E-state index >= 15 is 0 Å². The first-order valence-electron chi connectivity index (χ1n) is 14.0. The third-order valence-electron chi connectivity index (χ3n) is 6.87. The molecule has 2 aromatic rings. The van der Waals surface area contributed by atoms with Crippen LogP contribution in [0.15, 0.2) is 36.5 Å².